The molecule has 1 atom stereocenters. The first-order chi connectivity index (χ1) is 12.3. The van der Waals surface area contributed by atoms with Crippen LogP contribution in [0.2, 0.25) is 0 Å². The second-order valence-electron chi connectivity index (χ2n) is 5.71. The minimum Gasteiger partial charge on any atom is -0.340 e. The van der Waals surface area contributed by atoms with Gasteiger partial charge in [0, 0.05) is 22.0 Å². The fourth-order valence-corrected chi connectivity index (χ4v) is 3.73. The van der Waals surface area contributed by atoms with Crippen LogP contribution in [0.15, 0.2) is 84.4 Å². The number of carbonyl (C=O) groups is 1. The lowest BCUT2D eigenvalue weighted by atomic mass is 10.0. The van der Waals surface area contributed by atoms with Gasteiger partial charge in [-0.2, -0.15) is 0 Å². The maximum Gasteiger partial charge on any atom is 0.252 e. The van der Waals surface area contributed by atoms with Crippen LogP contribution in [-0.4, -0.2) is 10.9 Å². The van der Waals surface area contributed by atoms with Gasteiger partial charge >= 0.3 is 0 Å². The van der Waals surface area contributed by atoms with Crippen LogP contribution in [0.3, 0.4) is 0 Å². The van der Waals surface area contributed by atoms with Gasteiger partial charge in [0.05, 0.1) is 11.6 Å². The number of hydrogen-bond acceptors (Lipinski definition) is 3. The number of benzene rings is 2. The van der Waals surface area contributed by atoms with E-state index >= 15 is 0 Å². The predicted molar refractivity (Wildman–Crippen MR) is 102 cm³/mol. The topological polar surface area (TPSA) is 42.0 Å². The number of nitrogens with one attached hydrogen (secondary N) is 1. The maximum absolute atomic E-state index is 13.0. The highest BCUT2D eigenvalue weighted by molar-refractivity contribution is 7.10. The van der Waals surface area contributed by atoms with Gasteiger partial charge in [-0.25, -0.2) is 0 Å². The van der Waals surface area contributed by atoms with Gasteiger partial charge in [0.15, 0.2) is 0 Å². The average Bonchev–Trinajstić information content (AvgIpc) is 3.20. The van der Waals surface area contributed by atoms with Gasteiger partial charge in [-0.3, -0.25) is 9.78 Å². The van der Waals surface area contributed by atoms with Gasteiger partial charge in [-0.1, -0.05) is 48.5 Å². The van der Waals surface area contributed by atoms with Crippen molar-refractivity contribution in [2.45, 2.75) is 6.04 Å². The molecule has 4 aromatic rings. The van der Waals surface area contributed by atoms with Crippen LogP contribution in [0.25, 0.3) is 10.9 Å². The van der Waals surface area contributed by atoms with E-state index in [1.807, 2.05) is 78.2 Å². The zero-order chi connectivity index (χ0) is 17.1. The van der Waals surface area contributed by atoms with Crippen LogP contribution in [0.4, 0.5) is 0 Å². The highest BCUT2D eigenvalue weighted by Crippen LogP contribution is 2.27. The Hall–Kier alpha value is -2.98. The van der Waals surface area contributed by atoms with Crippen molar-refractivity contribution in [3.05, 3.63) is 100 Å². The third-order valence-electron chi connectivity index (χ3n) is 4.13. The molecular weight excluding hydrogens is 328 g/mol. The molecule has 4 rings (SSSR count). The Kier molecular flexibility index (Phi) is 4.27. The van der Waals surface area contributed by atoms with Crippen molar-refractivity contribution in [2.24, 2.45) is 0 Å². The number of carbonyl (C=O) groups excluding carboxylic acids is 1. The summed E-state index contributed by atoms with van der Waals surface area (Å²) in [6.45, 7) is 0. The molecule has 1 amide bonds. The van der Waals surface area contributed by atoms with Crippen LogP contribution in [0.5, 0.6) is 0 Å². The molecule has 3 nitrogen and oxygen atoms in total. The fourth-order valence-electron chi connectivity index (χ4n) is 2.93. The lowest BCUT2D eigenvalue weighted by Crippen LogP contribution is -2.29. The third kappa shape index (κ3) is 3.16. The first-order valence-corrected chi connectivity index (χ1v) is 8.94. The van der Waals surface area contributed by atoms with E-state index in [1.54, 1.807) is 17.5 Å². The van der Waals surface area contributed by atoms with Crippen LogP contribution in [0.1, 0.15) is 26.8 Å². The minimum absolute atomic E-state index is 0.0964. The molecular formula is C21H16N2OS. The zero-order valence-corrected chi connectivity index (χ0v) is 14.2. The predicted octanol–water partition coefficient (Wildman–Crippen LogP) is 4.82. The summed E-state index contributed by atoms with van der Waals surface area (Å²) in [5.74, 6) is -0.0964. The molecule has 2 heterocycles. The molecule has 0 aliphatic rings. The average molecular weight is 344 g/mol. The molecule has 0 bridgehead atoms. The molecule has 0 radical (unpaired) electrons. The van der Waals surface area contributed by atoms with E-state index in [2.05, 4.69) is 10.3 Å². The van der Waals surface area contributed by atoms with Crippen molar-refractivity contribution in [1.29, 1.82) is 0 Å². The van der Waals surface area contributed by atoms with E-state index in [0.717, 1.165) is 21.3 Å². The summed E-state index contributed by atoms with van der Waals surface area (Å²) in [6, 6.07) is 23.3. The molecule has 1 N–H and O–H groups in total. The number of rotatable bonds is 4. The molecule has 0 saturated carbocycles. The second kappa shape index (κ2) is 6.87. The molecule has 122 valence electrons. The maximum atomic E-state index is 13.0. The van der Waals surface area contributed by atoms with Gasteiger partial charge in [-0.05, 0) is 35.2 Å². The quantitative estimate of drug-likeness (QED) is 0.577. The summed E-state index contributed by atoms with van der Waals surface area (Å²) in [4.78, 5) is 18.4. The number of fused-ring (bicyclic) bond motifs is 1. The molecule has 25 heavy (non-hydrogen) atoms. The summed E-state index contributed by atoms with van der Waals surface area (Å²) in [5, 5.41) is 6.08. The SMILES string of the molecule is O=C(NC(c1ccccc1)c1cccs1)c1cccc2ncccc12. The van der Waals surface area contributed by atoms with Crippen molar-refractivity contribution in [1.82, 2.24) is 10.3 Å². The van der Waals surface area contributed by atoms with Crippen LogP contribution >= 0.6 is 11.3 Å². The van der Waals surface area contributed by atoms with Gasteiger partial charge in [-0.15, -0.1) is 11.3 Å². The molecule has 0 aliphatic heterocycles. The molecule has 2 aromatic carbocycles. The van der Waals surface area contributed by atoms with Gasteiger partial charge in [0.1, 0.15) is 0 Å². The van der Waals surface area contributed by atoms with Crippen molar-refractivity contribution < 1.29 is 4.79 Å². The lowest BCUT2D eigenvalue weighted by Gasteiger charge is -2.18. The summed E-state index contributed by atoms with van der Waals surface area (Å²) in [5.41, 5.74) is 2.53. The normalized spacial score (nSPS) is 12.0. The highest BCUT2D eigenvalue weighted by atomic mass is 32.1. The molecule has 0 aliphatic carbocycles. The lowest BCUT2D eigenvalue weighted by molar-refractivity contribution is 0.0945. The van der Waals surface area contributed by atoms with Crippen LogP contribution in [-0.2, 0) is 0 Å². The van der Waals surface area contributed by atoms with Crippen LogP contribution < -0.4 is 5.32 Å². The smallest absolute Gasteiger partial charge is 0.252 e. The van der Waals surface area contributed by atoms with E-state index in [0.29, 0.717) is 5.56 Å². The van der Waals surface area contributed by atoms with E-state index in [-0.39, 0.29) is 11.9 Å². The van der Waals surface area contributed by atoms with Gasteiger partial charge in [0.25, 0.3) is 5.91 Å². The molecule has 0 fully saturated rings. The largest absolute Gasteiger partial charge is 0.340 e. The second-order valence-corrected chi connectivity index (χ2v) is 6.69. The van der Waals surface area contributed by atoms with Crippen molar-refractivity contribution in [3.8, 4) is 0 Å². The first-order valence-electron chi connectivity index (χ1n) is 8.06. The monoisotopic (exact) mass is 344 g/mol. The summed E-state index contributed by atoms with van der Waals surface area (Å²) < 4.78 is 0. The molecule has 4 heteroatoms. The Morgan fingerprint density at radius 1 is 0.920 bits per heavy atom. The van der Waals surface area contributed by atoms with E-state index < -0.39 is 0 Å². The standard InChI is InChI=1S/C21H16N2OS/c24-21(17-9-4-11-18-16(17)10-5-13-22-18)23-20(19-12-6-14-25-19)15-7-2-1-3-8-15/h1-14,20H,(H,23,24). The Bertz CT molecular complexity index is 992. The molecule has 1 unspecified atom stereocenters. The first kappa shape index (κ1) is 15.5. The highest BCUT2D eigenvalue weighted by Gasteiger charge is 2.19. The summed E-state index contributed by atoms with van der Waals surface area (Å²) in [7, 11) is 0. The van der Waals surface area contributed by atoms with Crippen molar-refractivity contribution in [3.63, 3.8) is 0 Å². The number of amides is 1. The van der Waals surface area contributed by atoms with E-state index in [9.17, 15) is 4.79 Å². The van der Waals surface area contributed by atoms with E-state index in [4.69, 9.17) is 0 Å². The van der Waals surface area contributed by atoms with Gasteiger partial charge in [0.2, 0.25) is 0 Å². The Morgan fingerprint density at radius 3 is 2.60 bits per heavy atom. The Balaban J connectivity index is 1.71. The Labute approximate surface area is 150 Å². The van der Waals surface area contributed by atoms with E-state index in [1.165, 1.54) is 0 Å². The van der Waals surface area contributed by atoms with Gasteiger partial charge < -0.3 is 5.32 Å². The number of pyridine rings is 1. The fraction of sp³-hybridized carbons (Fsp3) is 0.0476. The van der Waals surface area contributed by atoms with Crippen molar-refractivity contribution in [2.75, 3.05) is 0 Å². The Morgan fingerprint density at radius 2 is 1.80 bits per heavy atom. The number of hydrogen-bond donors (Lipinski definition) is 1. The third-order valence-corrected chi connectivity index (χ3v) is 5.06. The number of aromatic nitrogens is 1. The number of thiophene rings is 1. The summed E-state index contributed by atoms with van der Waals surface area (Å²) in [6.07, 6.45) is 1.74. The molecule has 0 spiro atoms. The van der Waals surface area contributed by atoms with Crippen LogP contribution in [0, 0.1) is 0 Å². The zero-order valence-electron chi connectivity index (χ0n) is 13.4. The number of nitrogens with zero attached hydrogens (tertiary/aromatic N) is 1. The minimum atomic E-state index is -0.166. The van der Waals surface area contributed by atoms with Crippen molar-refractivity contribution >= 4 is 28.1 Å². The molecule has 0 saturated heterocycles. The summed E-state index contributed by atoms with van der Waals surface area (Å²) >= 11 is 1.64. The molecule has 2 aromatic heterocycles.